The largest absolute Gasteiger partial charge is 0.394 e. The Morgan fingerprint density at radius 2 is 1.91 bits per heavy atom. The van der Waals surface area contributed by atoms with Gasteiger partial charge < -0.3 is 25.8 Å². The van der Waals surface area contributed by atoms with E-state index in [9.17, 15) is 15.3 Å². The Morgan fingerprint density at radius 1 is 1.09 bits per heavy atom. The molecule has 0 aliphatic carbocycles. The Morgan fingerprint density at radius 3 is 2.67 bits per heavy atom. The minimum absolute atomic E-state index is 0.178. The number of hydrogen-bond donors (Lipinski definition) is 4. The minimum atomic E-state index is -1.26. The number of aliphatic hydroxyl groups excluding tert-OH is 3. The lowest BCUT2D eigenvalue weighted by Gasteiger charge is -2.16. The summed E-state index contributed by atoms with van der Waals surface area (Å²) in [7, 11) is 0. The molecular formula is C22H25N7O4. The van der Waals surface area contributed by atoms with Crippen LogP contribution in [0.4, 0.5) is 5.82 Å². The first-order chi connectivity index (χ1) is 16.0. The van der Waals surface area contributed by atoms with E-state index in [0.29, 0.717) is 22.6 Å². The van der Waals surface area contributed by atoms with Gasteiger partial charge in [-0.25, -0.2) is 15.0 Å². The molecule has 0 spiro atoms. The van der Waals surface area contributed by atoms with E-state index in [1.54, 1.807) is 6.20 Å². The van der Waals surface area contributed by atoms with Crippen LogP contribution < -0.4 is 5.73 Å². The van der Waals surface area contributed by atoms with Crippen molar-refractivity contribution in [2.75, 3.05) is 12.3 Å². The molecule has 3 aromatic heterocycles. The summed E-state index contributed by atoms with van der Waals surface area (Å²) in [5.74, 6) is 0.542. The van der Waals surface area contributed by atoms with Gasteiger partial charge in [0.2, 0.25) is 0 Å². The van der Waals surface area contributed by atoms with Crippen LogP contribution in [0.25, 0.3) is 22.6 Å². The fraction of sp³-hybridized carbons (Fsp3) is 0.364. The van der Waals surface area contributed by atoms with Crippen LogP contribution in [0.3, 0.4) is 0 Å². The van der Waals surface area contributed by atoms with Crippen LogP contribution in [0.2, 0.25) is 0 Å². The molecule has 4 atom stereocenters. The second-order valence-corrected chi connectivity index (χ2v) is 8.07. The van der Waals surface area contributed by atoms with Crippen LogP contribution in [0.1, 0.15) is 18.2 Å². The van der Waals surface area contributed by atoms with Crippen LogP contribution in [0.15, 0.2) is 49.1 Å². The quantitative estimate of drug-likeness (QED) is 0.314. The van der Waals surface area contributed by atoms with Crippen molar-refractivity contribution in [3.8, 4) is 11.4 Å². The van der Waals surface area contributed by atoms with Gasteiger partial charge in [0.15, 0.2) is 23.5 Å². The topological polar surface area (TPSA) is 157 Å². The van der Waals surface area contributed by atoms with Crippen LogP contribution in [-0.4, -0.2) is 69.5 Å². The molecule has 4 heterocycles. The molecule has 1 aliphatic heterocycles. The van der Waals surface area contributed by atoms with E-state index in [1.807, 2.05) is 29.1 Å². The van der Waals surface area contributed by atoms with Gasteiger partial charge >= 0.3 is 0 Å². The fourth-order valence-corrected chi connectivity index (χ4v) is 4.05. The number of anilines is 1. The summed E-state index contributed by atoms with van der Waals surface area (Å²) in [6, 6.07) is 10.3. The first-order valence-electron chi connectivity index (χ1n) is 10.7. The number of rotatable bonds is 7. The van der Waals surface area contributed by atoms with E-state index in [1.165, 1.54) is 16.5 Å². The average Bonchev–Trinajstić information content (AvgIpc) is 3.53. The fourth-order valence-electron chi connectivity index (χ4n) is 4.05. The van der Waals surface area contributed by atoms with Crippen molar-refractivity contribution in [2.45, 2.75) is 43.9 Å². The summed E-state index contributed by atoms with van der Waals surface area (Å²) >= 11 is 0. The minimum Gasteiger partial charge on any atom is -0.394 e. The molecule has 33 heavy (non-hydrogen) atoms. The van der Waals surface area contributed by atoms with E-state index in [4.69, 9.17) is 10.5 Å². The molecule has 0 saturated carbocycles. The summed E-state index contributed by atoms with van der Waals surface area (Å²) in [6.45, 7) is 0.320. The van der Waals surface area contributed by atoms with Gasteiger partial charge in [-0.1, -0.05) is 30.3 Å². The smallest absolute Gasteiger partial charge is 0.168 e. The predicted molar refractivity (Wildman–Crippen MR) is 119 cm³/mol. The van der Waals surface area contributed by atoms with Crippen molar-refractivity contribution in [3.05, 3.63) is 54.6 Å². The molecular weight excluding hydrogens is 426 g/mol. The molecule has 5 rings (SSSR count). The maximum atomic E-state index is 10.4. The molecule has 0 amide bonds. The Balaban J connectivity index is 1.38. The summed E-state index contributed by atoms with van der Waals surface area (Å²) in [4.78, 5) is 13.2. The number of aliphatic hydroxyl groups is 3. The number of nitrogens with two attached hydrogens (primary N) is 1. The third-order valence-electron chi connectivity index (χ3n) is 5.83. The SMILES string of the molecule is Nc1nc(-c2cnn(CCCc3ccccc3)c2)nc2c1ncn2[C@@H]1O[C@H](CO)[C@H](O)[C@H]1O. The number of aryl methyl sites for hydroxylation is 2. The van der Waals surface area contributed by atoms with Crippen LogP contribution in [-0.2, 0) is 17.7 Å². The highest BCUT2D eigenvalue weighted by Crippen LogP contribution is 2.32. The van der Waals surface area contributed by atoms with Crippen molar-refractivity contribution in [3.63, 3.8) is 0 Å². The molecule has 5 N–H and O–H groups in total. The lowest BCUT2D eigenvalue weighted by atomic mass is 10.1. The highest BCUT2D eigenvalue weighted by Gasteiger charge is 2.44. The van der Waals surface area contributed by atoms with Gasteiger partial charge in [0.1, 0.15) is 23.8 Å². The lowest BCUT2D eigenvalue weighted by molar-refractivity contribution is -0.0511. The Bertz CT molecular complexity index is 1240. The monoisotopic (exact) mass is 451 g/mol. The molecule has 1 fully saturated rings. The van der Waals surface area contributed by atoms with E-state index in [2.05, 4.69) is 32.2 Å². The number of nitrogens with zero attached hydrogens (tertiary/aromatic N) is 6. The highest BCUT2D eigenvalue weighted by molar-refractivity contribution is 5.83. The standard InChI is InChI=1S/C22H25N7O4/c23-19-16-21(29(12-24-16)22-18(32)17(31)15(11-30)33-22)27-20(26-19)14-9-25-28(10-14)8-4-7-13-5-2-1-3-6-13/h1-3,5-6,9-10,12,15,17-18,22,30-32H,4,7-8,11H2,(H2,23,26,27)/t15-,17+,18-,22-/m1/s1. The number of hydrogen-bond acceptors (Lipinski definition) is 9. The van der Waals surface area contributed by atoms with Crippen LogP contribution in [0.5, 0.6) is 0 Å². The highest BCUT2D eigenvalue weighted by atomic mass is 16.6. The number of imidazole rings is 1. The summed E-state index contributed by atoms with van der Waals surface area (Å²) < 4.78 is 8.94. The molecule has 1 saturated heterocycles. The molecule has 0 bridgehead atoms. The Labute approximate surface area is 189 Å². The van der Waals surface area contributed by atoms with Crippen LogP contribution in [0, 0.1) is 0 Å². The Hall–Kier alpha value is -3.38. The van der Waals surface area contributed by atoms with Crippen molar-refractivity contribution >= 4 is 17.0 Å². The second kappa shape index (κ2) is 8.87. The third kappa shape index (κ3) is 4.07. The summed E-state index contributed by atoms with van der Waals surface area (Å²) in [5, 5.41) is 34.3. The third-order valence-corrected chi connectivity index (χ3v) is 5.83. The van der Waals surface area contributed by atoms with Crippen molar-refractivity contribution < 1.29 is 20.1 Å². The van der Waals surface area contributed by atoms with Gasteiger partial charge in [0, 0.05) is 12.7 Å². The molecule has 4 aromatic rings. The van der Waals surface area contributed by atoms with Crippen molar-refractivity contribution in [1.29, 1.82) is 0 Å². The zero-order valence-electron chi connectivity index (χ0n) is 17.8. The van der Waals surface area contributed by atoms with Crippen molar-refractivity contribution in [1.82, 2.24) is 29.3 Å². The van der Waals surface area contributed by atoms with Crippen LogP contribution >= 0.6 is 0 Å². The maximum absolute atomic E-state index is 10.4. The summed E-state index contributed by atoms with van der Waals surface area (Å²) in [6.07, 6.45) is 2.49. The van der Waals surface area contributed by atoms with Gasteiger partial charge in [0.25, 0.3) is 0 Å². The number of fused-ring (bicyclic) bond motifs is 1. The van der Waals surface area contributed by atoms with Gasteiger partial charge in [-0.3, -0.25) is 9.25 Å². The molecule has 172 valence electrons. The number of benzene rings is 1. The van der Waals surface area contributed by atoms with Gasteiger partial charge in [0.05, 0.1) is 24.7 Å². The van der Waals surface area contributed by atoms with Gasteiger partial charge in [-0.05, 0) is 18.4 Å². The molecule has 11 nitrogen and oxygen atoms in total. The number of ether oxygens (including phenoxy) is 1. The first-order valence-corrected chi connectivity index (χ1v) is 10.7. The van der Waals surface area contributed by atoms with Crippen molar-refractivity contribution in [2.24, 2.45) is 0 Å². The molecule has 0 unspecified atom stereocenters. The molecule has 1 aliphatic rings. The lowest BCUT2D eigenvalue weighted by Crippen LogP contribution is -2.33. The van der Waals surface area contributed by atoms with E-state index < -0.39 is 31.1 Å². The number of nitrogen functional groups attached to an aromatic ring is 1. The first kappa shape index (κ1) is 21.5. The zero-order chi connectivity index (χ0) is 22.9. The number of aromatic nitrogens is 6. The molecule has 0 radical (unpaired) electrons. The maximum Gasteiger partial charge on any atom is 0.168 e. The van der Waals surface area contributed by atoms with Gasteiger partial charge in [-0.2, -0.15) is 5.10 Å². The second-order valence-electron chi connectivity index (χ2n) is 8.07. The average molecular weight is 451 g/mol. The summed E-state index contributed by atoms with van der Waals surface area (Å²) in [5.41, 5.74) is 8.80. The molecule has 11 heteroatoms. The zero-order valence-corrected chi connectivity index (χ0v) is 17.8. The molecule has 1 aromatic carbocycles. The predicted octanol–water partition coefficient (Wildman–Crippen LogP) is 0.516. The van der Waals surface area contributed by atoms with E-state index >= 15 is 0 Å². The normalized spacial score (nSPS) is 22.9. The van der Waals surface area contributed by atoms with Gasteiger partial charge in [-0.15, -0.1) is 0 Å². The van der Waals surface area contributed by atoms with E-state index in [-0.39, 0.29) is 5.82 Å². The Kier molecular flexibility index (Phi) is 5.77. The van der Waals surface area contributed by atoms with E-state index in [0.717, 1.165) is 19.4 Å².